The molecule has 0 saturated heterocycles. The molecule has 0 radical (unpaired) electrons. The first-order chi connectivity index (χ1) is 11.0. The van der Waals surface area contributed by atoms with E-state index >= 15 is 0 Å². The largest absolute Gasteiger partial charge is 0.488 e. The van der Waals surface area contributed by atoms with Crippen molar-refractivity contribution in [1.29, 1.82) is 0 Å². The molecule has 0 atom stereocenters. The molecule has 0 aromatic heterocycles. The monoisotopic (exact) mass is 315 g/mol. The summed E-state index contributed by atoms with van der Waals surface area (Å²) in [6.45, 7) is 0.232. The predicted octanol–water partition coefficient (Wildman–Crippen LogP) is 3.40. The van der Waals surface area contributed by atoms with Gasteiger partial charge in [0.05, 0.1) is 5.57 Å². The molecule has 23 heavy (non-hydrogen) atoms. The van der Waals surface area contributed by atoms with E-state index in [9.17, 15) is 13.6 Å². The molecule has 118 valence electrons. The molecule has 1 aliphatic rings. The molecule has 0 aliphatic carbocycles. The molecule has 2 aromatic rings. The number of carbonyl (C=O) groups is 1. The van der Waals surface area contributed by atoms with Crippen molar-refractivity contribution in [1.82, 2.24) is 4.90 Å². The molecule has 0 bridgehead atoms. The first-order valence-electron chi connectivity index (χ1n) is 7.16. The molecule has 0 saturated carbocycles. The van der Waals surface area contributed by atoms with Crippen LogP contribution in [-0.4, -0.2) is 24.5 Å². The number of halogens is 2. The highest BCUT2D eigenvalue weighted by atomic mass is 19.1. The van der Waals surface area contributed by atoms with E-state index in [4.69, 9.17) is 4.74 Å². The maximum absolute atomic E-state index is 13.7. The van der Waals surface area contributed by atoms with Gasteiger partial charge in [0.25, 0.3) is 5.91 Å². The summed E-state index contributed by atoms with van der Waals surface area (Å²) in [5, 5.41) is 0. The SMILES string of the molecule is CN(Cc1ccc(F)cc1F)C(=O)C1=Cc2ccccc2OC1. The van der Waals surface area contributed by atoms with Crippen molar-refractivity contribution < 1.29 is 18.3 Å². The molecule has 0 fully saturated rings. The topological polar surface area (TPSA) is 29.5 Å². The lowest BCUT2D eigenvalue weighted by Crippen LogP contribution is -2.30. The zero-order valence-electron chi connectivity index (χ0n) is 12.6. The van der Waals surface area contributed by atoms with Crippen LogP contribution in [0.15, 0.2) is 48.0 Å². The molecule has 3 rings (SSSR count). The van der Waals surface area contributed by atoms with Crippen LogP contribution in [0.2, 0.25) is 0 Å². The van der Waals surface area contributed by atoms with E-state index in [1.807, 2.05) is 24.3 Å². The summed E-state index contributed by atoms with van der Waals surface area (Å²) >= 11 is 0. The quantitative estimate of drug-likeness (QED) is 0.869. The minimum Gasteiger partial charge on any atom is -0.488 e. The van der Waals surface area contributed by atoms with Gasteiger partial charge in [-0.25, -0.2) is 8.78 Å². The minimum atomic E-state index is -0.663. The number of rotatable bonds is 3. The Morgan fingerprint density at radius 3 is 2.78 bits per heavy atom. The fourth-order valence-corrected chi connectivity index (χ4v) is 2.46. The zero-order valence-corrected chi connectivity index (χ0v) is 12.6. The van der Waals surface area contributed by atoms with Crippen molar-refractivity contribution in [2.75, 3.05) is 13.7 Å². The Kier molecular flexibility index (Phi) is 4.10. The second-order valence-electron chi connectivity index (χ2n) is 5.39. The number of ether oxygens (including phenoxy) is 1. The van der Waals surface area contributed by atoms with Crippen molar-refractivity contribution in [3.8, 4) is 5.75 Å². The number of benzene rings is 2. The van der Waals surface area contributed by atoms with Crippen molar-refractivity contribution in [2.24, 2.45) is 0 Å². The molecule has 1 amide bonds. The highest BCUT2D eigenvalue weighted by Crippen LogP contribution is 2.26. The summed E-state index contributed by atoms with van der Waals surface area (Å²) in [6.07, 6.45) is 1.78. The lowest BCUT2D eigenvalue weighted by molar-refractivity contribution is -0.126. The third-order valence-electron chi connectivity index (χ3n) is 3.68. The first-order valence-corrected chi connectivity index (χ1v) is 7.16. The fraction of sp³-hybridized carbons (Fsp3) is 0.167. The van der Waals surface area contributed by atoms with E-state index in [1.165, 1.54) is 17.0 Å². The number of fused-ring (bicyclic) bond motifs is 1. The molecular formula is C18H15F2NO2. The number of amides is 1. The van der Waals surface area contributed by atoms with E-state index in [2.05, 4.69) is 0 Å². The summed E-state index contributed by atoms with van der Waals surface area (Å²) in [6, 6.07) is 10.8. The number of carbonyl (C=O) groups excluding carboxylic acids is 1. The van der Waals surface area contributed by atoms with E-state index < -0.39 is 11.6 Å². The van der Waals surface area contributed by atoms with Gasteiger partial charge in [-0.15, -0.1) is 0 Å². The lowest BCUT2D eigenvalue weighted by Gasteiger charge is -2.22. The van der Waals surface area contributed by atoms with Crippen LogP contribution in [0.3, 0.4) is 0 Å². The molecule has 5 heteroatoms. The van der Waals surface area contributed by atoms with E-state index in [1.54, 1.807) is 13.1 Å². The number of hydrogen-bond donors (Lipinski definition) is 0. The molecule has 2 aromatic carbocycles. The average Bonchev–Trinajstić information content (AvgIpc) is 2.56. The van der Waals surface area contributed by atoms with E-state index in [0.29, 0.717) is 5.57 Å². The Hall–Kier alpha value is -2.69. The minimum absolute atomic E-state index is 0.0595. The molecule has 0 unspecified atom stereocenters. The highest BCUT2D eigenvalue weighted by Gasteiger charge is 2.20. The third kappa shape index (κ3) is 3.23. The summed E-state index contributed by atoms with van der Waals surface area (Å²) in [4.78, 5) is 13.9. The molecule has 1 heterocycles. The van der Waals surface area contributed by atoms with Gasteiger partial charge in [0.1, 0.15) is 24.0 Å². The Morgan fingerprint density at radius 1 is 1.22 bits per heavy atom. The summed E-state index contributed by atoms with van der Waals surface area (Å²) in [5.74, 6) is -0.816. The number of likely N-dealkylation sites (N-methyl/N-ethyl adjacent to an activating group) is 1. The average molecular weight is 315 g/mol. The molecule has 1 aliphatic heterocycles. The fourth-order valence-electron chi connectivity index (χ4n) is 2.46. The number of nitrogens with zero attached hydrogens (tertiary/aromatic N) is 1. The van der Waals surface area contributed by atoms with Gasteiger partial charge in [0, 0.05) is 30.8 Å². The Morgan fingerprint density at radius 2 is 2.00 bits per heavy atom. The maximum atomic E-state index is 13.7. The van der Waals surface area contributed by atoms with Crippen LogP contribution in [0, 0.1) is 11.6 Å². The van der Waals surface area contributed by atoms with Crippen LogP contribution < -0.4 is 4.74 Å². The van der Waals surface area contributed by atoms with Gasteiger partial charge in [-0.3, -0.25) is 4.79 Å². The Labute approximate surface area is 132 Å². The van der Waals surface area contributed by atoms with Crippen LogP contribution in [0.4, 0.5) is 8.78 Å². The van der Waals surface area contributed by atoms with Crippen molar-refractivity contribution in [3.63, 3.8) is 0 Å². The van der Waals surface area contributed by atoms with E-state index in [0.717, 1.165) is 17.4 Å². The highest BCUT2D eigenvalue weighted by molar-refractivity contribution is 5.99. The van der Waals surface area contributed by atoms with Gasteiger partial charge in [0.15, 0.2) is 0 Å². The van der Waals surface area contributed by atoms with Crippen molar-refractivity contribution in [3.05, 3.63) is 70.8 Å². The van der Waals surface area contributed by atoms with Gasteiger partial charge in [-0.2, -0.15) is 0 Å². The Bertz CT molecular complexity index is 786. The maximum Gasteiger partial charge on any atom is 0.253 e. The summed E-state index contributed by atoms with van der Waals surface area (Å²) in [7, 11) is 1.58. The van der Waals surface area contributed by atoms with Gasteiger partial charge < -0.3 is 9.64 Å². The molecule has 0 spiro atoms. The molecular weight excluding hydrogens is 300 g/mol. The summed E-state index contributed by atoms with van der Waals surface area (Å²) < 4.78 is 32.2. The second kappa shape index (κ2) is 6.20. The summed E-state index contributed by atoms with van der Waals surface area (Å²) in [5.41, 5.74) is 1.59. The van der Waals surface area contributed by atoms with Gasteiger partial charge in [-0.1, -0.05) is 24.3 Å². The van der Waals surface area contributed by atoms with Gasteiger partial charge in [-0.05, 0) is 18.2 Å². The van der Waals surface area contributed by atoms with Crippen molar-refractivity contribution in [2.45, 2.75) is 6.54 Å². The third-order valence-corrected chi connectivity index (χ3v) is 3.68. The van der Waals surface area contributed by atoms with Crippen LogP contribution in [-0.2, 0) is 11.3 Å². The number of para-hydroxylation sites is 1. The molecule has 0 N–H and O–H groups in total. The second-order valence-corrected chi connectivity index (χ2v) is 5.39. The normalized spacial score (nSPS) is 12.9. The Balaban J connectivity index is 1.77. The predicted molar refractivity (Wildman–Crippen MR) is 82.7 cm³/mol. The van der Waals surface area contributed by atoms with Gasteiger partial charge >= 0.3 is 0 Å². The molecule has 3 nitrogen and oxygen atoms in total. The zero-order chi connectivity index (χ0) is 16.4. The number of hydrogen-bond acceptors (Lipinski definition) is 2. The van der Waals surface area contributed by atoms with Crippen LogP contribution in [0.1, 0.15) is 11.1 Å². The smallest absolute Gasteiger partial charge is 0.253 e. The van der Waals surface area contributed by atoms with Crippen LogP contribution >= 0.6 is 0 Å². The van der Waals surface area contributed by atoms with Crippen LogP contribution in [0.25, 0.3) is 6.08 Å². The van der Waals surface area contributed by atoms with E-state index in [-0.39, 0.29) is 24.6 Å². The first kappa shape index (κ1) is 15.2. The van der Waals surface area contributed by atoms with Crippen LogP contribution in [0.5, 0.6) is 5.75 Å². The van der Waals surface area contributed by atoms with Gasteiger partial charge in [0.2, 0.25) is 0 Å². The van der Waals surface area contributed by atoms with Crippen molar-refractivity contribution >= 4 is 12.0 Å². The lowest BCUT2D eigenvalue weighted by atomic mass is 10.1. The standard InChI is InChI=1S/C18H15F2NO2/c1-21(10-13-6-7-15(19)9-16(13)20)18(22)14-8-12-4-2-3-5-17(12)23-11-14/h2-9H,10-11H2,1H3.